The molecule has 0 spiro atoms. The smallest absolute Gasteiger partial charge is 0.309 e. The Hall–Kier alpha value is -2.14. The van der Waals surface area contributed by atoms with Gasteiger partial charge < -0.3 is 9.30 Å². The first-order valence-electron chi connectivity index (χ1n) is 8.99. The first-order valence-corrected chi connectivity index (χ1v) is 8.99. The molecular weight excluding hydrogens is 316 g/mol. The van der Waals surface area contributed by atoms with Crippen molar-refractivity contribution in [2.24, 2.45) is 13.0 Å². The van der Waals surface area contributed by atoms with Crippen LogP contribution in [0.1, 0.15) is 35.8 Å². The summed E-state index contributed by atoms with van der Waals surface area (Å²) in [5.41, 5.74) is 2.92. The van der Waals surface area contributed by atoms with E-state index in [1.165, 1.54) is 0 Å². The summed E-state index contributed by atoms with van der Waals surface area (Å²) in [5.74, 6) is 0.0350. The van der Waals surface area contributed by atoms with Gasteiger partial charge in [0.15, 0.2) is 5.78 Å². The Bertz CT molecular complexity index is 786. The lowest BCUT2D eigenvalue weighted by molar-refractivity contribution is -0.149. The number of rotatable bonds is 5. The van der Waals surface area contributed by atoms with Crippen LogP contribution in [0.4, 0.5) is 0 Å². The minimum Gasteiger partial charge on any atom is -0.466 e. The van der Waals surface area contributed by atoms with E-state index in [1.807, 2.05) is 45.2 Å². The van der Waals surface area contributed by atoms with E-state index in [0.29, 0.717) is 13.2 Å². The minimum atomic E-state index is -0.0987. The van der Waals surface area contributed by atoms with E-state index in [9.17, 15) is 9.59 Å². The molecule has 2 aromatic rings. The maximum Gasteiger partial charge on any atom is 0.309 e. The summed E-state index contributed by atoms with van der Waals surface area (Å²) >= 11 is 0. The molecule has 1 saturated heterocycles. The average Bonchev–Trinajstić information content (AvgIpc) is 2.87. The molecule has 134 valence electrons. The fourth-order valence-corrected chi connectivity index (χ4v) is 3.74. The van der Waals surface area contributed by atoms with Crippen molar-refractivity contribution in [1.29, 1.82) is 0 Å². The van der Waals surface area contributed by atoms with Crippen molar-refractivity contribution in [2.75, 3.05) is 26.2 Å². The third-order valence-corrected chi connectivity index (χ3v) is 5.25. The molecule has 1 aliphatic rings. The average molecular weight is 342 g/mol. The molecule has 0 amide bonds. The lowest BCUT2D eigenvalue weighted by Crippen LogP contribution is -2.39. The molecule has 1 aromatic carbocycles. The number of hydrogen-bond donors (Lipinski definition) is 0. The fraction of sp³-hybridized carbons (Fsp3) is 0.500. The Morgan fingerprint density at radius 2 is 1.88 bits per heavy atom. The second-order valence-electron chi connectivity index (χ2n) is 6.76. The lowest BCUT2D eigenvalue weighted by atomic mass is 9.96. The number of fused-ring (bicyclic) bond motifs is 1. The van der Waals surface area contributed by atoms with Crippen LogP contribution in [0.2, 0.25) is 0 Å². The molecule has 0 saturated carbocycles. The summed E-state index contributed by atoms with van der Waals surface area (Å²) in [7, 11) is 2.00. The van der Waals surface area contributed by atoms with Crippen LogP contribution >= 0.6 is 0 Å². The van der Waals surface area contributed by atoms with Gasteiger partial charge >= 0.3 is 5.97 Å². The van der Waals surface area contributed by atoms with E-state index in [1.54, 1.807) is 0 Å². The van der Waals surface area contributed by atoms with E-state index in [2.05, 4.69) is 9.47 Å². The van der Waals surface area contributed by atoms with Crippen LogP contribution in [0.5, 0.6) is 0 Å². The molecule has 0 bridgehead atoms. The largest absolute Gasteiger partial charge is 0.466 e. The Kier molecular flexibility index (Phi) is 5.23. The summed E-state index contributed by atoms with van der Waals surface area (Å²) in [5, 5.41) is 1.02. The maximum atomic E-state index is 12.9. The molecule has 0 unspecified atom stereocenters. The number of ether oxygens (including phenoxy) is 1. The van der Waals surface area contributed by atoms with Gasteiger partial charge in [0.25, 0.3) is 0 Å². The zero-order chi connectivity index (χ0) is 18.0. The van der Waals surface area contributed by atoms with Gasteiger partial charge in [0.1, 0.15) is 0 Å². The quantitative estimate of drug-likeness (QED) is 0.619. The Balaban J connectivity index is 1.68. The van der Waals surface area contributed by atoms with Crippen molar-refractivity contribution >= 4 is 22.7 Å². The normalized spacial score (nSPS) is 16.3. The number of carbonyl (C=O) groups excluding carboxylic acids is 2. The highest BCUT2D eigenvalue weighted by atomic mass is 16.5. The number of nitrogens with zero attached hydrogens (tertiary/aromatic N) is 2. The Labute approximate surface area is 148 Å². The highest BCUT2D eigenvalue weighted by molar-refractivity contribution is 6.10. The maximum absolute atomic E-state index is 12.9. The van der Waals surface area contributed by atoms with Crippen molar-refractivity contribution in [3.8, 4) is 0 Å². The predicted molar refractivity (Wildman–Crippen MR) is 97.8 cm³/mol. The first kappa shape index (κ1) is 17.7. The Morgan fingerprint density at radius 1 is 1.20 bits per heavy atom. The molecule has 0 atom stereocenters. The number of carbonyl (C=O) groups is 2. The van der Waals surface area contributed by atoms with Crippen LogP contribution in [-0.4, -0.2) is 47.5 Å². The monoisotopic (exact) mass is 342 g/mol. The van der Waals surface area contributed by atoms with E-state index >= 15 is 0 Å². The van der Waals surface area contributed by atoms with Gasteiger partial charge in [-0.1, -0.05) is 18.2 Å². The van der Waals surface area contributed by atoms with Gasteiger partial charge in [0.2, 0.25) is 0 Å². The standard InChI is InChI=1S/C20H26N2O3/c1-4-25-20(24)15-9-11-22(12-10-15)13-18(23)19-14(2)21(3)17-8-6-5-7-16(17)19/h5-8,15H,4,9-13H2,1-3H3. The van der Waals surface area contributed by atoms with Crippen LogP contribution in [0.25, 0.3) is 10.9 Å². The van der Waals surface area contributed by atoms with Crippen LogP contribution in [0.15, 0.2) is 24.3 Å². The molecule has 25 heavy (non-hydrogen) atoms. The van der Waals surface area contributed by atoms with Gasteiger partial charge in [0.05, 0.1) is 19.1 Å². The van der Waals surface area contributed by atoms with Crippen molar-refractivity contribution < 1.29 is 14.3 Å². The fourth-order valence-electron chi connectivity index (χ4n) is 3.74. The molecule has 1 aromatic heterocycles. The van der Waals surface area contributed by atoms with Gasteiger partial charge in [-0.2, -0.15) is 0 Å². The molecule has 1 fully saturated rings. The summed E-state index contributed by atoms with van der Waals surface area (Å²) in [4.78, 5) is 26.9. The van der Waals surface area contributed by atoms with Crippen molar-refractivity contribution in [3.63, 3.8) is 0 Å². The highest BCUT2D eigenvalue weighted by Gasteiger charge is 2.28. The molecule has 5 heteroatoms. The number of likely N-dealkylation sites (tertiary alicyclic amines) is 1. The summed E-state index contributed by atoms with van der Waals surface area (Å²) in [6, 6.07) is 8.03. The highest BCUT2D eigenvalue weighted by Crippen LogP contribution is 2.26. The van der Waals surface area contributed by atoms with Gasteiger partial charge in [-0.15, -0.1) is 0 Å². The molecule has 5 nitrogen and oxygen atoms in total. The third-order valence-electron chi connectivity index (χ3n) is 5.25. The summed E-state index contributed by atoms with van der Waals surface area (Å²) in [6.45, 7) is 6.19. The van der Waals surface area contributed by atoms with Gasteiger partial charge in [-0.05, 0) is 45.8 Å². The van der Waals surface area contributed by atoms with Gasteiger partial charge in [-0.3, -0.25) is 14.5 Å². The van der Waals surface area contributed by atoms with Crippen molar-refractivity contribution in [1.82, 2.24) is 9.47 Å². The van der Waals surface area contributed by atoms with Gasteiger partial charge in [-0.25, -0.2) is 0 Å². The van der Waals surface area contributed by atoms with Crippen molar-refractivity contribution in [3.05, 3.63) is 35.5 Å². The zero-order valence-corrected chi connectivity index (χ0v) is 15.2. The number of piperidine rings is 1. The molecule has 1 aliphatic heterocycles. The first-order chi connectivity index (χ1) is 12.0. The third kappa shape index (κ3) is 3.47. The van der Waals surface area contributed by atoms with Crippen LogP contribution in [-0.2, 0) is 16.6 Å². The lowest BCUT2D eigenvalue weighted by Gasteiger charge is -2.30. The minimum absolute atomic E-state index is 0.0226. The SMILES string of the molecule is CCOC(=O)C1CCN(CC(=O)c2c(C)n(C)c3ccccc23)CC1. The van der Waals surface area contributed by atoms with E-state index < -0.39 is 0 Å². The second-order valence-corrected chi connectivity index (χ2v) is 6.76. The molecule has 2 heterocycles. The number of aryl methyl sites for hydroxylation is 1. The summed E-state index contributed by atoms with van der Waals surface area (Å²) in [6.07, 6.45) is 1.53. The molecule has 0 N–H and O–H groups in total. The van der Waals surface area contributed by atoms with Gasteiger partial charge in [0, 0.05) is 29.2 Å². The second kappa shape index (κ2) is 7.40. The number of para-hydroxylation sites is 1. The van der Waals surface area contributed by atoms with E-state index in [0.717, 1.165) is 48.1 Å². The summed E-state index contributed by atoms with van der Waals surface area (Å²) < 4.78 is 7.19. The van der Waals surface area contributed by atoms with E-state index in [4.69, 9.17) is 4.74 Å². The molecular formula is C20H26N2O3. The topological polar surface area (TPSA) is 51.5 Å². The van der Waals surface area contributed by atoms with Crippen LogP contribution in [0.3, 0.4) is 0 Å². The van der Waals surface area contributed by atoms with E-state index in [-0.39, 0.29) is 17.7 Å². The molecule has 3 rings (SSSR count). The Morgan fingerprint density at radius 3 is 2.56 bits per heavy atom. The molecule has 0 radical (unpaired) electrons. The van der Waals surface area contributed by atoms with Crippen LogP contribution < -0.4 is 0 Å². The zero-order valence-electron chi connectivity index (χ0n) is 15.2. The number of ketones is 1. The van der Waals surface area contributed by atoms with Crippen molar-refractivity contribution in [2.45, 2.75) is 26.7 Å². The number of hydrogen-bond acceptors (Lipinski definition) is 4. The van der Waals surface area contributed by atoms with Crippen LogP contribution in [0, 0.1) is 12.8 Å². The number of aromatic nitrogens is 1. The number of esters is 1. The number of benzene rings is 1. The predicted octanol–water partition coefficient (Wildman–Crippen LogP) is 2.94. The molecule has 0 aliphatic carbocycles. The number of Topliss-reactive ketones (excluding diaryl/α,β-unsaturated/α-hetero) is 1.